The summed E-state index contributed by atoms with van der Waals surface area (Å²) in [5.41, 5.74) is 0.998. The Morgan fingerprint density at radius 1 is 1.20 bits per heavy atom. The van der Waals surface area contributed by atoms with E-state index in [1.807, 2.05) is 24.3 Å². The third kappa shape index (κ3) is 2.70. The third-order valence-electron chi connectivity index (χ3n) is 2.36. The maximum Gasteiger partial charge on any atom is 0.118 e. The van der Waals surface area contributed by atoms with Crippen LogP contribution in [0, 0.1) is 0 Å². The molecule has 0 aliphatic heterocycles. The fourth-order valence-corrected chi connectivity index (χ4v) is 1.45. The number of hydrogen-bond acceptors (Lipinski definition) is 2. The van der Waals surface area contributed by atoms with Crippen LogP contribution in [0.4, 0.5) is 0 Å². The van der Waals surface area contributed by atoms with Crippen LogP contribution >= 0.6 is 0 Å². The van der Waals surface area contributed by atoms with Crippen LogP contribution in [0.2, 0.25) is 0 Å². The van der Waals surface area contributed by atoms with Gasteiger partial charge in [0.15, 0.2) is 0 Å². The van der Waals surface area contributed by atoms with E-state index in [1.54, 1.807) is 13.2 Å². The zero-order valence-electron chi connectivity index (χ0n) is 8.89. The molecule has 0 aromatic heterocycles. The molecule has 0 bridgehead atoms. The number of aliphatic hydroxyl groups excluding tert-OH is 1. The van der Waals surface area contributed by atoms with E-state index in [0.29, 0.717) is 0 Å². The smallest absolute Gasteiger partial charge is 0.118 e. The first kappa shape index (κ1) is 11.5. The van der Waals surface area contributed by atoms with Gasteiger partial charge in [0.2, 0.25) is 0 Å². The van der Waals surface area contributed by atoms with Crippen LogP contribution in [0.1, 0.15) is 11.5 Å². The Kier molecular flexibility index (Phi) is 4.13. The summed E-state index contributed by atoms with van der Waals surface area (Å²) < 4.78 is 5.06. The molecule has 0 saturated carbocycles. The first-order chi connectivity index (χ1) is 7.22. The molecule has 0 spiro atoms. The highest BCUT2D eigenvalue weighted by Gasteiger charge is 2.14. The van der Waals surface area contributed by atoms with Gasteiger partial charge in [-0.15, -0.1) is 13.2 Å². The highest BCUT2D eigenvalue weighted by molar-refractivity contribution is 5.32. The minimum atomic E-state index is -0.601. The van der Waals surface area contributed by atoms with Crippen molar-refractivity contribution in [1.29, 1.82) is 0 Å². The van der Waals surface area contributed by atoms with E-state index in [1.165, 1.54) is 6.08 Å². The number of aliphatic hydroxyl groups is 1. The Hall–Kier alpha value is -1.54. The normalized spacial score (nSPS) is 14.0. The van der Waals surface area contributed by atoms with Gasteiger partial charge in [0.05, 0.1) is 13.2 Å². The van der Waals surface area contributed by atoms with Crippen LogP contribution in [0.25, 0.3) is 0 Å². The minimum absolute atomic E-state index is 0.117. The predicted octanol–water partition coefficient (Wildman–Crippen LogP) is 2.51. The highest BCUT2D eigenvalue weighted by atomic mass is 16.5. The van der Waals surface area contributed by atoms with Crippen LogP contribution in [-0.4, -0.2) is 18.3 Å². The summed E-state index contributed by atoms with van der Waals surface area (Å²) in [6, 6.07) is 7.55. The van der Waals surface area contributed by atoms with E-state index in [-0.39, 0.29) is 5.92 Å². The summed E-state index contributed by atoms with van der Waals surface area (Å²) in [4.78, 5) is 0. The van der Waals surface area contributed by atoms with Crippen molar-refractivity contribution in [2.24, 2.45) is 0 Å². The van der Waals surface area contributed by atoms with Crippen molar-refractivity contribution >= 4 is 0 Å². The quantitative estimate of drug-likeness (QED) is 0.747. The summed E-state index contributed by atoms with van der Waals surface area (Å²) >= 11 is 0. The minimum Gasteiger partial charge on any atom is -0.497 e. The molecule has 0 aliphatic rings. The first-order valence-electron chi connectivity index (χ1n) is 4.80. The SMILES string of the molecule is C=C[C@@H](O)[C@@H](C=C)c1ccc(OC)cc1. The topological polar surface area (TPSA) is 29.5 Å². The van der Waals surface area contributed by atoms with Crippen molar-refractivity contribution in [2.75, 3.05) is 7.11 Å². The number of hydrogen-bond donors (Lipinski definition) is 1. The summed E-state index contributed by atoms with van der Waals surface area (Å²) in [6.07, 6.45) is 2.63. The zero-order valence-corrected chi connectivity index (χ0v) is 8.89. The second kappa shape index (κ2) is 5.37. The van der Waals surface area contributed by atoms with Crippen LogP contribution in [0.5, 0.6) is 5.75 Å². The van der Waals surface area contributed by atoms with Gasteiger partial charge in [-0.05, 0) is 17.7 Å². The standard InChI is InChI=1S/C13H16O2/c1-4-12(13(14)5-2)10-6-8-11(15-3)9-7-10/h4-9,12-14H,1-2H2,3H3/t12-,13+/m0/s1. The average Bonchev–Trinajstić information content (AvgIpc) is 2.30. The Labute approximate surface area is 90.5 Å². The number of methoxy groups -OCH3 is 1. The number of rotatable bonds is 5. The van der Waals surface area contributed by atoms with Crippen molar-refractivity contribution < 1.29 is 9.84 Å². The molecule has 0 radical (unpaired) electrons. The summed E-state index contributed by atoms with van der Waals surface area (Å²) in [5.74, 6) is 0.683. The van der Waals surface area contributed by atoms with Crippen LogP contribution in [0.3, 0.4) is 0 Å². The van der Waals surface area contributed by atoms with E-state index in [9.17, 15) is 5.11 Å². The summed E-state index contributed by atoms with van der Waals surface area (Å²) in [7, 11) is 1.62. The molecule has 1 aromatic carbocycles. The average molecular weight is 204 g/mol. The molecule has 2 atom stereocenters. The molecule has 0 fully saturated rings. The molecule has 0 aliphatic carbocycles. The zero-order chi connectivity index (χ0) is 11.3. The van der Waals surface area contributed by atoms with E-state index < -0.39 is 6.10 Å². The predicted molar refractivity (Wildman–Crippen MR) is 62.1 cm³/mol. The van der Waals surface area contributed by atoms with Gasteiger partial charge in [-0.2, -0.15) is 0 Å². The monoisotopic (exact) mass is 204 g/mol. The number of benzene rings is 1. The Morgan fingerprint density at radius 3 is 2.20 bits per heavy atom. The molecule has 15 heavy (non-hydrogen) atoms. The molecule has 0 heterocycles. The molecule has 1 rings (SSSR count). The van der Waals surface area contributed by atoms with Crippen LogP contribution in [-0.2, 0) is 0 Å². The Balaban J connectivity index is 2.92. The van der Waals surface area contributed by atoms with Gasteiger partial charge < -0.3 is 9.84 Å². The van der Waals surface area contributed by atoms with Gasteiger partial charge in [0.25, 0.3) is 0 Å². The van der Waals surface area contributed by atoms with Gasteiger partial charge in [0.1, 0.15) is 5.75 Å². The fourth-order valence-electron chi connectivity index (χ4n) is 1.45. The maximum atomic E-state index is 9.68. The lowest BCUT2D eigenvalue weighted by molar-refractivity contribution is 0.208. The molecular formula is C13H16O2. The van der Waals surface area contributed by atoms with Gasteiger partial charge in [-0.25, -0.2) is 0 Å². The molecule has 0 saturated heterocycles. The molecule has 0 amide bonds. The van der Waals surface area contributed by atoms with Crippen molar-refractivity contribution in [3.05, 3.63) is 55.1 Å². The van der Waals surface area contributed by atoms with Crippen molar-refractivity contribution in [1.82, 2.24) is 0 Å². The molecule has 2 nitrogen and oxygen atoms in total. The lowest BCUT2D eigenvalue weighted by Crippen LogP contribution is -2.13. The molecule has 80 valence electrons. The Morgan fingerprint density at radius 2 is 1.80 bits per heavy atom. The van der Waals surface area contributed by atoms with Gasteiger partial charge in [0, 0.05) is 5.92 Å². The summed E-state index contributed by atoms with van der Waals surface area (Å²) in [6.45, 7) is 7.28. The van der Waals surface area contributed by atoms with Crippen LogP contribution < -0.4 is 4.74 Å². The van der Waals surface area contributed by atoms with Crippen molar-refractivity contribution in [3.63, 3.8) is 0 Å². The van der Waals surface area contributed by atoms with Gasteiger partial charge in [-0.1, -0.05) is 24.3 Å². The highest BCUT2D eigenvalue weighted by Crippen LogP contribution is 2.23. The summed E-state index contributed by atoms with van der Waals surface area (Å²) in [5, 5.41) is 9.68. The Bertz CT molecular complexity index is 327. The maximum absolute atomic E-state index is 9.68. The van der Waals surface area contributed by atoms with E-state index in [0.717, 1.165) is 11.3 Å². The van der Waals surface area contributed by atoms with E-state index >= 15 is 0 Å². The first-order valence-corrected chi connectivity index (χ1v) is 4.80. The van der Waals surface area contributed by atoms with Crippen molar-refractivity contribution in [3.8, 4) is 5.75 Å². The molecule has 1 aromatic rings. The van der Waals surface area contributed by atoms with Crippen molar-refractivity contribution in [2.45, 2.75) is 12.0 Å². The lowest BCUT2D eigenvalue weighted by atomic mass is 9.93. The molecule has 0 unspecified atom stereocenters. The van der Waals surface area contributed by atoms with Gasteiger partial charge in [-0.3, -0.25) is 0 Å². The van der Waals surface area contributed by atoms with Crippen LogP contribution in [0.15, 0.2) is 49.6 Å². The van der Waals surface area contributed by atoms with E-state index in [2.05, 4.69) is 13.2 Å². The van der Waals surface area contributed by atoms with E-state index in [4.69, 9.17) is 4.74 Å². The fraction of sp³-hybridized carbons (Fsp3) is 0.231. The molecule has 2 heteroatoms. The molecule has 1 N–H and O–H groups in total. The largest absolute Gasteiger partial charge is 0.497 e. The lowest BCUT2D eigenvalue weighted by Gasteiger charge is -2.16. The second-order valence-electron chi connectivity index (χ2n) is 3.26. The third-order valence-corrected chi connectivity index (χ3v) is 2.36. The molecular weight excluding hydrogens is 188 g/mol. The second-order valence-corrected chi connectivity index (χ2v) is 3.26. The number of ether oxygens (including phenoxy) is 1. The van der Waals surface area contributed by atoms with Gasteiger partial charge >= 0.3 is 0 Å².